The van der Waals surface area contributed by atoms with Gasteiger partial charge >= 0.3 is 0 Å². The van der Waals surface area contributed by atoms with E-state index in [1.807, 2.05) is 17.7 Å². The number of imidazole rings is 1. The number of hydrogen-bond acceptors (Lipinski definition) is 2. The first-order valence-electron chi connectivity index (χ1n) is 4.34. The Morgan fingerprint density at radius 1 is 1.69 bits per heavy atom. The molecular weight excluding hydrogens is 164 g/mol. The highest BCUT2D eigenvalue weighted by molar-refractivity contribution is 5.95. The summed E-state index contributed by atoms with van der Waals surface area (Å²) in [7, 11) is 0. The molecule has 70 valence electrons. The van der Waals surface area contributed by atoms with Gasteiger partial charge in [0, 0.05) is 18.9 Å². The smallest absolute Gasteiger partial charge is 0.165 e. The quantitative estimate of drug-likeness (QED) is 0.656. The van der Waals surface area contributed by atoms with Crippen LogP contribution in [0.3, 0.4) is 0 Å². The Bertz CT molecular complexity index is 325. The molecule has 0 unspecified atom stereocenters. The lowest BCUT2D eigenvalue weighted by Gasteiger charge is -2.03. The lowest BCUT2D eigenvalue weighted by atomic mass is 10.1. The van der Waals surface area contributed by atoms with E-state index < -0.39 is 0 Å². The van der Waals surface area contributed by atoms with Crippen LogP contribution >= 0.6 is 0 Å². The molecule has 0 radical (unpaired) electrons. The Morgan fingerprint density at radius 3 is 2.92 bits per heavy atom. The lowest BCUT2D eigenvalue weighted by molar-refractivity contribution is -0.115. The van der Waals surface area contributed by atoms with Crippen molar-refractivity contribution in [2.75, 3.05) is 0 Å². The molecule has 0 N–H and O–H groups in total. The van der Waals surface area contributed by atoms with Gasteiger partial charge < -0.3 is 4.57 Å². The molecule has 3 heteroatoms. The van der Waals surface area contributed by atoms with Gasteiger partial charge in [-0.2, -0.15) is 0 Å². The molecule has 0 aliphatic rings. The number of allylic oxidation sites excluding steroid dienone is 1. The fraction of sp³-hybridized carbons (Fsp3) is 0.400. The second-order valence-electron chi connectivity index (χ2n) is 3.01. The van der Waals surface area contributed by atoms with Crippen molar-refractivity contribution in [2.24, 2.45) is 0 Å². The normalized spacial score (nSPS) is 10.0. The molecule has 1 aromatic heterocycles. The van der Waals surface area contributed by atoms with Crippen LogP contribution in [0.25, 0.3) is 0 Å². The monoisotopic (exact) mass is 178 g/mol. The fourth-order valence-corrected chi connectivity index (χ4v) is 1.09. The molecule has 13 heavy (non-hydrogen) atoms. The van der Waals surface area contributed by atoms with Gasteiger partial charge in [0.05, 0.1) is 6.42 Å². The zero-order valence-corrected chi connectivity index (χ0v) is 8.08. The van der Waals surface area contributed by atoms with Gasteiger partial charge in [-0.05, 0) is 19.4 Å². The first-order chi connectivity index (χ1) is 6.15. The molecule has 1 rings (SSSR count). The van der Waals surface area contributed by atoms with Gasteiger partial charge in [0.25, 0.3) is 0 Å². The van der Waals surface area contributed by atoms with E-state index >= 15 is 0 Å². The van der Waals surface area contributed by atoms with E-state index in [2.05, 4.69) is 11.6 Å². The zero-order chi connectivity index (χ0) is 9.84. The molecule has 0 saturated carbocycles. The standard InChI is InChI=1S/C10H14N2O/c1-4-12-6-5-11-10(12)7-9(13)8(2)3/h5-6H,2,4,7H2,1,3H3. The van der Waals surface area contributed by atoms with Gasteiger partial charge in [-0.1, -0.05) is 6.58 Å². The highest BCUT2D eigenvalue weighted by Gasteiger charge is 2.08. The van der Waals surface area contributed by atoms with Crippen molar-refractivity contribution >= 4 is 5.78 Å². The van der Waals surface area contributed by atoms with Gasteiger partial charge in [0.1, 0.15) is 5.82 Å². The van der Waals surface area contributed by atoms with Crippen LogP contribution in [0.1, 0.15) is 19.7 Å². The molecule has 0 bridgehead atoms. The summed E-state index contributed by atoms with van der Waals surface area (Å²) in [5.74, 6) is 0.872. The van der Waals surface area contributed by atoms with E-state index in [0.717, 1.165) is 12.4 Å². The van der Waals surface area contributed by atoms with E-state index in [-0.39, 0.29) is 5.78 Å². The average Bonchev–Trinajstić information content (AvgIpc) is 2.51. The molecule has 0 saturated heterocycles. The molecule has 0 amide bonds. The third-order valence-electron chi connectivity index (χ3n) is 1.94. The van der Waals surface area contributed by atoms with Crippen LogP contribution in [0.2, 0.25) is 0 Å². The summed E-state index contributed by atoms with van der Waals surface area (Å²) >= 11 is 0. The van der Waals surface area contributed by atoms with Crippen molar-refractivity contribution in [1.29, 1.82) is 0 Å². The van der Waals surface area contributed by atoms with Crippen molar-refractivity contribution in [3.05, 3.63) is 30.4 Å². The maximum atomic E-state index is 11.3. The van der Waals surface area contributed by atoms with Crippen LogP contribution in [0, 0.1) is 0 Å². The number of carbonyl (C=O) groups is 1. The SMILES string of the molecule is C=C(C)C(=O)Cc1nccn1CC. The topological polar surface area (TPSA) is 34.9 Å². The van der Waals surface area contributed by atoms with E-state index in [1.165, 1.54) is 0 Å². The summed E-state index contributed by atoms with van der Waals surface area (Å²) in [6.07, 6.45) is 3.95. The molecule has 0 aliphatic heterocycles. The Hall–Kier alpha value is -1.38. The molecule has 3 nitrogen and oxygen atoms in total. The predicted octanol–water partition coefficient (Wildman–Crippen LogP) is 1.59. The molecule has 1 heterocycles. The average molecular weight is 178 g/mol. The third kappa shape index (κ3) is 2.28. The number of Topliss-reactive ketones (excluding diaryl/α,β-unsaturated/α-hetero) is 1. The molecule has 0 atom stereocenters. The Kier molecular flexibility index (Phi) is 3.01. The minimum Gasteiger partial charge on any atom is -0.335 e. The number of rotatable bonds is 4. The van der Waals surface area contributed by atoms with Crippen LogP contribution in [0.15, 0.2) is 24.5 Å². The van der Waals surface area contributed by atoms with Crippen LogP contribution in [-0.2, 0) is 17.8 Å². The van der Waals surface area contributed by atoms with Gasteiger partial charge in [0.15, 0.2) is 5.78 Å². The third-order valence-corrected chi connectivity index (χ3v) is 1.94. The van der Waals surface area contributed by atoms with Gasteiger partial charge in [0.2, 0.25) is 0 Å². The van der Waals surface area contributed by atoms with E-state index in [9.17, 15) is 4.79 Å². The van der Waals surface area contributed by atoms with E-state index in [0.29, 0.717) is 12.0 Å². The van der Waals surface area contributed by atoms with Crippen molar-refractivity contribution in [3.63, 3.8) is 0 Å². The summed E-state index contributed by atoms with van der Waals surface area (Å²) in [4.78, 5) is 15.4. The maximum Gasteiger partial charge on any atom is 0.165 e. The summed E-state index contributed by atoms with van der Waals surface area (Å²) in [6, 6.07) is 0. The highest BCUT2D eigenvalue weighted by atomic mass is 16.1. The maximum absolute atomic E-state index is 11.3. The van der Waals surface area contributed by atoms with Crippen molar-refractivity contribution < 1.29 is 4.79 Å². The molecule has 0 fully saturated rings. The molecule has 0 aliphatic carbocycles. The van der Waals surface area contributed by atoms with Crippen LogP contribution in [-0.4, -0.2) is 15.3 Å². The summed E-state index contributed by atoms with van der Waals surface area (Å²) in [5.41, 5.74) is 0.589. The largest absolute Gasteiger partial charge is 0.335 e. The predicted molar refractivity (Wildman–Crippen MR) is 51.4 cm³/mol. The van der Waals surface area contributed by atoms with E-state index in [4.69, 9.17) is 0 Å². The minimum absolute atomic E-state index is 0.0564. The van der Waals surface area contributed by atoms with Gasteiger partial charge in [-0.15, -0.1) is 0 Å². The van der Waals surface area contributed by atoms with Crippen LogP contribution in [0.5, 0.6) is 0 Å². The first kappa shape index (κ1) is 9.71. The second-order valence-corrected chi connectivity index (χ2v) is 3.01. The lowest BCUT2D eigenvalue weighted by Crippen LogP contribution is -2.09. The number of carbonyl (C=O) groups excluding carboxylic acids is 1. The minimum atomic E-state index is 0.0564. The molecule has 0 spiro atoms. The Labute approximate surface area is 78.1 Å². The van der Waals surface area contributed by atoms with Gasteiger partial charge in [-0.3, -0.25) is 4.79 Å². The van der Waals surface area contributed by atoms with E-state index in [1.54, 1.807) is 13.1 Å². The molecule has 0 aromatic carbocycles. The number of nitrogens with zero attached hydrogens (tertiary/aromatic N) is 2. The highest BCUT2D eigenvalue weighted by Crippen LogP contribution is 2.02. The number of aryl methyl sites for hydroxylation is 1. The Balaban J connectivity index is 2.74. The van der Waals surface area contributed by atoms with Crippen LogP contribution < -0.4 is 0 Å². The fourth-order valence-electron chi connectivity index (χ4n) is 1.09. The molecular formula is C10H14N2O. The van der Waals surface area contributed by atoms with Crippen molar-refractivity contribution in [2.45, 2.75) is 26.8 Å². The van der Waals surface area contributed by atoms with Crippen LogP contribution in [0.4, 0.5) is 0 Å². The number of aromatic nitrogens is 2. The number of hydrogen-bond donors (Lipinski definition) is 0. The zero-order valence-electron chi connectivity index (χ0n) is 8.08. The Morgan fingerprint density at radius 2 is 2.38 bits per heavy atom. The van der Waals surface area contributed by atoms with Gasteiger partial charge in [-0.25, -0.2) is 4.98 Å². The number of ketones is 1. The molecule has 1 aromatic rings. The summed E-state index contributed by atoms with van der Waals surface area (Å²) in [6.45, 7) is 8.20. The summed E-state index contributed by atoms with van der Waals surface area (Å²) in [5, 5.41) is 0. The first-order valence-corrected chi connectivity index (χ1v) is 4.34. The summed E-state index contributed by atoms with van der Waals surface area (Å²) < 4.78 is 1.96. The second kappa shape index (κ2) is 4.03. The van der Waals surface area contributed by atoms with Crippen molar-refractivity contribution in [3.8, 4) is 0 Å². The van der Waals surface area contributed by atoms with Crippen molar-refractivity contribution in [1.82, 2.24) is 9.55 Å².